The summed E-state index contributed by atoms with van der Waals surface area (Å²) in [5.74, 6) is 2.05. The average Bonchev–Trinajstić information content (AvgIpc) is 3.71. The van der Waals surface area contributed by atoms with E-state index in [1.807, 2.05) is 45.5 Å². The summed E-state index contributed by atoms with van der Waals surface area (Å²) in [6.07, 6.45) is 21.1. The molecule has 1 aliphatic heterocycles. The number of nitrogens with zero attached hydrogens (tertiary/aromatic N) is 10. The maximum Gasteiger partial charge on any atom is 0.195 e. The van der Waals surface area contributed by atoms with Gasteiger partial charge in [0.05, 0.1) is 30.0 Å². The van der Waals surface area contributed by atoms with Gasteiger partial charge in [0.1, 0.15) is 12.2 Å². The molecule has 0 spiro atoms. The third kappa shape index (κ3) is 2.58. The van der Waals surface area contributed by atoms with Crippen LogP contribution in [0.25, 0.3) is 11.4 Å². The van der Waals surface area contributed by atoms with Gasteiger partial charge in [0.15, 0.2) is 17.2 Å². The second kappa shape index (κ2) is 7.31. The summed E-state index contributed by atoms with van der Waals surface area (Å²) in [6.45, 7) is 0. The van der Waals surface area contributed by atoms with E-state index in [1.165, 1.54) is 0 Å². The number of rotatable bonds is 6. The Morgan fingerprint density at radius 3 is 2.60 bits per heavy atom. The normalized spacial score (nSPS) is 18.2. The summed E-state index contributed by atoms with van der Waals surface area (Å²) >= 11 is 0. The van der Waals surface area contributed by atoms with Gasteiger partial charge in [-0.25, -0.2) is 29.3 Å². The summed E-state index contributed by atoms with van der Waals surface area (Å²) in [7, 11) is 0. The fraction of sp³-hybridized carbons (Fsp3) is 0.0476. The number of aromatic nitrogens is 12. The van der Waals surface area contributed by atoms with Crippen molar-refractivity contribution in [3.63, 3.8) is 0 Å². The summed E-state index contributed by atoms with van der Waals surface area (Å²) in [5, 5.41) is 23.3. The molecule has 172 valence electrons. The Balaban J connectivity index is 1.69. The monoisotopic (exact) mass is 466 g/mol. The molecule has 0 fully saturated rings. The van der Waals surface area contributed by atoms with Gasteiger partial charge in [-0.15, -0.1) is 0 Å². The van der Waals surface area contributed by atoms with Gasteiger partial charge in [-0.05, 0) is 12.1 Å². The molecule has 1 aliphatic rings. The molecule has 1 atom stereocenters. The maximum atomic E-state index is 4.75. The zero-order valence-electron chi connectivity index (χ0n) is 18.1. The highest BCUT2D eigenvalue weighted by Gasteiger charge is 2.59. The van der Waals surface area contributed by atoms with Crippen LogP contribution >= 0.6 is 0 Å². The molecule has 35 heavy (non-hydrogen) atoms. The van der Waals surface area contributed by atoms with E-state index in [0.29, 0.717) is 11.6 Å². The number of hydrogen-bond donors (Lipinski definition) is 4. The van der Waals surface area contributed by atoms with Gasteiger partial charge in [-0.1, -0.05) is 0 Å². The summed E-state index contributed by atoms with van der Waals surface area (Å²) < 4.78 is 3.68. The summed E-state index contributed by atoms with van der Waals surface area (Å²) in [5.41, 5.74) is 1.33. The van der Waals surface area contributed by atoms with Crippen molar-refractivity contribution >= 4 is 17.2 Å². The minimum Gasteiger partial charge on any atom is -0.346 e. The first-order chi connectivity index (χ1) is 17.4. The Kier molecular flexibility index (Phi) is 3.99. The Morgan fingerprint density at radius 2 is 1.94 bits per heavy atom. The van der Waals surface area contributed by atoms with Crippen molar-refractivity contribution in [2.24, 2.45) is 0 Å². The van der Waals surface area contributed by atoms with E-state index < -0.39 is 5.54 Å². The quantitative estimate of drug-likeness (QED) is 0.286. The minimum absolute atomic E-state index is 0.642. The highest BCUT2D eigenvalue weighted by atomic mass is 15.9. The lowest BCUT2D eigenvalue weighted by atomic mass is 9.82. The molecule has 1 unspecified atom stereocenters. The third-order valence-corrected chi connectivity index (χ3v) is 5.95. The fourth-order valence-corrected chi connectivity index (χ4v) is 4.67. The van der Waals surface area contributed by atoms with Crippen molar-refractivity contribution in [3.05, 3.63) is 104 Å². The Bertz CT molecular complexity index is 1490. The van der Waals surface area contributed by atoms with Gasteiger partial charge in [0.25, 0.3) is 0 Å². The van der Waals surface area contributed by atoms with Crippen molar-refractivity contribution < 1.29 is 0 Å². The van der Waals surface area contributed by atoms with E-state index in [0.717, 1.165) is 22.7 Å². The van der Waals surface area contributed by atoms with Crippen LogP contribution in [0, 0.1) is 0 Å². The number of hydrogen-bond acceptors (Lipinski definition) is 8. The molecule has 7 heterocycles. The van der Waals surface area contributed by atoms with Crippen LogP contribution in [-0.4, -0.2) is 59.8 Å². The predicted molar refractivity (Wildman–Crippen MR) is 123 cm³/mol. The van der Waals surface area contributed by atoms with Crippen LogP contribution in [0.1, 0.15) is 17.1 Å². The number of anilines is 1. The Hall–Kier alpha value is -5.40. The van der Waals surface area contributed by atoms with Gasteiger partial charge in [-0.2, -0.15) is 20.4 Å². The molecular weight excluding hydrogens is 448 g/mol. The molecule has 0 amide bonds. The van der Waals surface area contributed by atoms with E-state index in [1.54, 1.807) is 60.7 Å². The molecule has 0 aromatic carbocycles. The van der Waals surface area contributed by atoms with Crippen molar-refractivity contribution in [1.82, 2.24) is 59.8 Å². The molecule has 14 nitrogen and oxygen atoms in total. The average molecular weight is 466 g/mol. The van der Waals surface area contributed by atoms with Crippen LogP contribution < -0.4 is 10.1 Å². The van der Waals surface area contributed by atoms with Gasteiger partial charge in [0, 0.05) is 55.1 Å². The Labute approximate surface area is 196 Å². The lowest BCUT2D eigenvalue weighted by molar-refractivity contribution is 0.460. The van der Waals surface area contributed by atoms with E-state index in [9.17, 15) is 0 Å². The van der Waals surface area contributed by atoms with Crippen LogP contribution in [0.5, 0.6) is 0 Å². The zero-order valence-corrected chi connectivity index (χ0v) is 18.1. The zero-order chi connectivity index (χ0) is 23.2. The van der Waals surface area contributed by atoms with Gasteiger partial charge in [0.2, 0.25) is 0 Å². The molecule has 0 radical (unpaired) electrons. The minimum atomic E-state index is -1.07. The number of hydrazine groups is 1. The van der Waals surface area contributed by atoms with Gasteiger partial charge < -0.3 is 9.97 Å². The van der Waals surface area contributed by atoms with Gasteiger partial charge >= 0.3 is 0 Å². The van der Waals surface area contributed by atoms with Crippen molar-refractivity contribution in [3.8, 4) is 0 Å². The molecule has 0 saturated heterocycles. The van der Waals surface area contributed by atoms with Crippen molar-refractivity contribution in [2.75, 3.05) is 10.1 Å². The number of H-pyrrole nitrogens is 4. The number of aromatic amines is 4. The molecule has 6 aromatic heterocycles. The molecular formula is C21H18N14. The van der Waals surface area contributed by atoms with E-state index >= 15 is 0 Å². The molecule has 14 heteroatoms. The standard InChI is InChI=1S/C21H18N14/c1-3-30-33(8-1)19-18(16-2-4-27-31-16)21(15-10-28-29-11-15,20-24-5-6-25-20)35(32-9-7-22-14-32)34(19)17-12-23-13-26-17/h1-14H,(H,23,26)(H,24,25)(H,27,31)(H,28,29). The van der Waals surface area contributed by atoms with Crippen molar-refractivity contribution in [2.45, 2.75) is 5.54 Å². The topological polar surface area (TPSA) is 157 Å². The highest BCUT2D eigenvalue weighted by molar-refractivity contribution is 6.00. The van der Waals surface area contributed by atoms with E-state index in [2.05, 4.69) is 45.4 Å². The van der Waals surface area contributed by atoms with Crippen LogP contribution in [0.2, 0.25) is 0 Å². The first kappa shape index (κ1) is 19.1. The SMILES string of the molecule is c1cnn(C2=C(c3ccn[nH]3)C(c3cn[nH]c3)(c3ncc[nH]3)N(n3ccnc3)N2c2cnc[nH]2)c1. The summed E-state index contributed by atoms with van der Waals surface area (Å²) in [6, 6.07) is 3.79. The van der Waals surface area contributed by atoms with E-state index in [4.69, 9.17) is 4.98 Å². The van der Waals surface area contributed by atoms with Gasteiger partial charge in [-0.3, -0.25) is 10.2 Å². The smallest absolute Gasteiger partial charge is 0.195 e. The van der Waals surface area contributed by atoms with Crippen molar-refractivity contribution in [1.29, 1.82) is 0 Å². The van der Waals surface area contributed by atoms with Crippen LogP contribution in [0.3, 0.4) is 0 Å². The molecule has 0 bridgehead atoms. The maximum absolute atomic E-state index is 4.75. The van der Waals surface area contributed by atoms with E-state index in [-0.39, 0.29) is 0 Å². The molecule has 4 N–H and O–H groups in total. The molecule has 6 aromatic rings. The fourth-order valence-electron chi connectivity index (χ4n) is 4.67. The Morgan fingerprint density at radius 1 is 0.943 bits per heavy atom. The molecule has 7 rings (SSSR count). The second-order valence-corrected chi connectivity index (χ2v) is 7.74. The number of imidazole rings is 3. The second-order valence-electron chi connectivity index (χ2n) is 7.74. The largest absolute Gasteiger partial charge is 0.346 e. The summed E-state index contributed by atoms with van der Waals surface area (Å²) in [4.78, 5) is 20.0. The number of nitrogens with one attached hydrogen (secondary N) is 4. The predicted octanol–water partition coefficient (Wildman–Crippen LogP) is 1.31. The lowest BCUT2D eigenvalue weighted by Crippen LogP contribution is -2.57. The van der Waals surface area contributed by atoms with Crippen LogP contribution in [0.4, 0.5) is 5.82 Å². The highest BCUT2D eigenvalue weighted by Crippen LogP contribution is 2.53. The first-order valence-corrected chi connectivity index (χ1v) is 10.7. The molecule has 0 aliphatic carbocycles. The third-order valence-electron chi connectivity index (χ3n) is 5.95. The lowest BCUT2D eigenvalue weighted by Gasteiger charge is -2.42. The first-order valence-electron chi connectivity index (χ1n) is 10.7. The molecule has 0 saturated carbocycles. The van der Waals surface area contributed by atoms with Crippen LogP contribution in [-0.2, 0) is 5.54 Å². The van der Waals surface area contributed by atoms with Crippen LogP contribution in [0.15, 0.2) is 86.8 Å².